The second-order valence-corrected chi connectivity index (χ2v) is 3.71. The highest BCUT2D eigenvalue weighted by atomic mass is 35.5. The monoisotopic (exact) mass is 344 g/mol. The fraction of sp³-hybridized carbons (Fsp3) is 1.00. The Labute approximate surface area is 136 Å². The van der Waals surface area contributed by atoms with E-state index >= 15 is 0 Å². The summed E-state index contributed by atoms with van der Waals surface area (Å²) in [7, 11) is 0. The Morgan fingerprint density at radius 2 is 0.556 bits per heavy atom. The molecular formula is C10H28Cl4N4. The van der Waals surface area contributed by atoms with E-state index in [2.05, 4.69) is 21.3 Å². The van der Waals surface area contributed by atoms with E-state index in [1.54, 1.807) is 0 Å². The molecule has 1 rings (SSSR count). The van der Waals surface area contributed by atoms with Crippen molar-refractivity contribution in [2.75, 3.05) is 52.4 Å². The van der Waals surface area contributed by atoms with E-state index in [0.29, 0.717) is 0 Å². The van der Waals surface area contributed by atoms with Crippen LogP contribution >= 0.6 is 49.6 Å². The molecule has 4 N–H and O–H groups in total. The third-order valence-corrected chi connectivity index (χ3v) is 2.37. The average molecular weight is 346 g/mol. The molecule has 1 fully saturated rings. The van der Waals surface area contributed by atoms with Gasteiger partial charge in [0, 0.05) is 26.2 Å². The van der Waals surface area contributed by atoms with Gasteiger partial charge in [-0.1, -0.05) is 0 Å². The molecule has 8 heteroatoms. The summed E-state index contributed by atoms with van der Waals surface area (Å²) in [4.78, 5) is 0. The van der Waals surface area contributed by atoms with Gasteiger partial charge < -0.3 is 21.3 Å². The molecule has 0 aromatic carbocycles. The molecule has 0 spiro atoms. The molecule has 0 aromatic rings. The average Bonchev–Trinajstić information content (AvgIpc) is 2.22. The Balaban J connectivity index is -0.000000245. The van der Waals surface area contributed by atoms with Gasteiger partial charge in [0.2, 0.25) is 0 Å². The van der Waals surface area contributed by atoms with E-state index in [1.165, 1.54) is 12.8 Å². The second kappa shape index (κ2) is 23.1. The van der Waals surface area contributed by atoms with E-state index < -0.39 is 0 Å². The normalized spacial score (nSPS) is 18.7. The van der Waals surface area contributed by atoms with Crippen molar-refractivity contribution in [1.29, 1.82) is 0 Å². The first-order chi connectivity index (χ1) is 7.00. The van der Waals surface area contributed by atoms with Crippen molar-refractivity contribution in [1.82, 2.24) is 21.3 Å². The number of hydrogen-bond acceptors (Lipinski definition) is 4. The molecule has 0 bridgehead atoms. The number of halogens is 4. The van der Waals surface area contributed by atoms with Crippen LogP contribution in [0.5, 0.6) is 0 Å². The minimum Gasteiger partial charge on any atom is -0.317 e. The fourth-order valence-corrected chi connectivity index (χ4v) is 1.53. The highest BCUT2D eigenvalue weighted by Crippen LogP contribution is 1.77. The van der Waals surface area contributed by atoms with Gasteiger partial charge in [-0.3, -0.25) is 0 Å². The van der Waals surface area contributed by atoms with Crippen molar-refractivity contribution in [2.45, 2.75) is 12.8 Å². The summed E-state index contributed by atoms with van der Waals surface area (Å²) in [6.45, 7) is 8.87. The Morgan fingerprint density at radius 3 is 0.889 bits per heavy atom. The Morgan fingerprint density at radius 1 is 0.333 bits per heavy atom. The maximum absolute atomic E-state index is 3.44. The first kappa shape index (κ1) is 27.4. The summed E-state index contributed by atoms with van der Waals surface area (Å²) in [6, 6.07) is 0. The van der Waals surface area contributed by atoms with Gasteiger partial charge in [-0.05, 0) is 39.0 Å². The lowest BCUT2D eigenvalue weighted by Crippen LogP contribution is -2.35. The van der Waals surface area contributed by atoms with Gasteiger partial charge in [-0.15, -0.1) is 49.6 Å². The summed E-state index contributed by atoms with van der Waals surface area (Å²) in [5.41, 5.74) is 0. The minimum atomic E-state index is 0. The standard InChI is InChI=1S/C10H24N4.4ClH/c1-3-11-4-2-6-13-8-10-14-9-7-12-5-1;;;;/h11-14H,1-10H2;4*1H. The van der Waals surface area contributed by atoms with E-state index in [9.17, 15) is 0 Å². The predicted octanol–water partition coefficient (Wildman–Crippen LogP) is 0.826. The maximum atomic E-state index is 3.44. The number of rotatable bonds is 0. The molecule has 116 valence electrons. The lowest BCUT2D eigenvalue weighted by Gasteiger charge is -2.10. The van der Waals surface area contributed by atoms with Crippen LogP contribution in [0.4, 0.5) is 0 Å². The molecule has 1 heterocycles. The molecule has 1 aliphatic heterocycles. The predicted molar refractivity (Wildman–Crippen MR) is 89.7 cm³/mol. The zero-order valence-electron chi connectivity index (χ0n) is 10.7. The van der Waals surface area contributed by atoms with Crippen LogP contribution in [-0.2, 0) is 0 Å². The molecule has 0 unspecified atom stereocenters. The molecule has 0 amide bonds. The summed E-state index contributed by atoms with van der Waals surface area (Å²) in [5, 5.41) is 13.7. The van der Waals surface area contributed by atoms with Gasteiger partial charge in [-0.25, -0.2) is 0 Å². The SMILES string of the molecule is C1CNCCCNCCNCCNC1.Cl.Cl.Cl.Cl. The summed E-state index contributed by atoms with van der Waals surface area (Å²) < 4.78 is 0. The van der Waals surface area contributed by atoms with Gasteiger partial charge in [0.15, 0.2) is 0 Å². The summed E-state index contributed by atoms with van der Waals surface area (Å²) >= 11 is 0. The van der Waals surface area contributed by atoms with Gasteiger partial charge >= 0.3 is 0 Å². The zero-order chi connectivity index (χ0) is 9.90. The van der Waals surface area contributed by atoms with Gasteiger partial charge in [-0.2, -0.15) is 0 Å². The van der Waals surface area contributed by atoms with Crippen LogP contribution < -0.4 is 21.3 Å². The van der Waals surface area contributed by atoms with Gasteiger partial charge in [0.25, 0.3) is 0 Å². The van der Waals surface area contributed by atoms with Crippen molar-refractivity contribution in [3.8, 4) is 0 Å². The molecule has 18 heavy (non-hydrogen) atoms. The Hall–Kier alpha value is 1.00. The summed E-state index contributed by atoms with van der Waals surface area (Å²) in [6.07, 6.45) is 2.46. The first-order valence-electron chi connectivity index (χ1n) is 5.83. The molecular weight excluding hydrogens is 318 g/mol. The quantitative estimate of drug-likeness (QED) is 0.525. The highest BCUT2D eigenvalue weighted by molar-refractivity contribution is 5.86. The first-order valence-corrected chi connectivity index (χ1v) is 5.83. The molecule has 4 nitrogen and oxygen atoms in total. The topological polar surface area (TPSA) is 48.1 Å². The lowest BCUT2D eigenvalue weighted by molar-refractivity contribution is 0.530. The van der Waals surface area contributed by atoms with E-state index in [-0.39, 0.29) is 49.6 Å². The molecule has 1 aliphatic rings. The van der Waals surface area contributed by atoms with Crippen molar-refractivity contribution in [3.63, 3.8) is 0 Å². The molecule has 0 aromatic heterocycles. The van der Waals surface area contributed by atoms with Crippen LogP contribution in [0, 0.1) is 0 Å². The molecule has 0 saturated carbocycles. The summed E-state index contributed by atoms with van der Waals surface area (Å²) in [5.74, 6) is 0. The second-order valence-electron chi connectivity index (χ2n) is 3.71. The largest absolute Gasteiger partial charge is 0.317 e. The number of nitrogens with one attached hydrogen (secondary N) is 4. The van der Waals surface area contributed by atoms with Crippen LogP contribution in [0.1, 0.15) is 12.8 Å². The van der Waals surface area contributed by atoms with E-state index in [1.807, 2.05) is 0 Å². The molecule has 0 atom stereocenters. The Kier molecular flexibility index (Phi) is 35.1. The minimum absolute atomic E-state index is 0. The maximum Gasteiger partial charge on any atom is 0.00772 e. The van der Waals surface area contributed by atoms with E-state index in [0.717, 1.165) is 52.4 Å². The van der Waals surface area contributed by atoms with Crippen LogP contribution in [0.2, 0.25) is 0 Å². The van der Waals surface area contributed by atoms with Crippen molar-refractivity contribution < 1.29 is 0 Å². The van der Waals surface area contributed by atoms with Crippen molar-refractivity contribution >= 4 is 49.6 Å². The van der Waals surface area contributed by atoms with E-state index in [4.69, 9.17) is 0 Å². The number of hydrogen-bond donors (Lipinski definition) is 4. The third kappa shape index (κ3) is 19.3. The van der Waals surface area contributed by atoms with Crippen LogP contribution in [0.3, 0.4) is 0 Å². The lowest BCUT2D eigenvalue weighted by atomic mass is 10.3. The van der Waals surface area contributed by atoms with Crippen molar-refractivity contribution in [2.24, 2.45) is 0 Å². The van der Waals surface area contributed by atoms with Gasteiger partial charge in [0.05, 0.1) is 0 Å². The molecule has 0 aliphatic carbocycles. The zero-order valence-corrected chi connectivity index (χ0v) is 14.0. The smallest absolute Gasteiger partial charge is 0.00772 e. The highest BCUT2D eigenvalue weighted by Gasteiger charge is 1.93. The molecule has 0 radical (unpaired) electrons. The third-order valence-electron chi connectivity index (χ3n) is 2.37. The van der Waals surface area contributed by atoms with Gasteiger partial charge in [0.1, 0.15) is 0 Å². The Bertz CT molecular complexity index is 79.1. The van der Waals surface area contributed by atoms with Crippen LogP contribution in [-0.4, -0.2) is 52.4 Å². The van der Waals surface area contributed by atoms with Crippen LogP contribution in [0.25, 0.3) is 0 Å². The fourth-order valence-electron chi connectivity index (χ4n) is 1.53. The van der Waals surface area contributed by atoms with Crippen LogP contribution in [0.15, 0.2) is 0 Å². The van der Waals surface area contributed by atoms with Crippen molar-refractivity contribution in [3.05, 3.63) is 0 Å². The molecule has 1 saturated heterocycles.